The van der Waals surface area contributed by atoms with Crippen LogP contribution >= 0.6 is 0 Å². The lowest BCUT2D eigenvalue weighted by Gasteiger charge is -2.38. The van der Waals surface area contributed by atoms with Crippen LogP contribution in [0.2, 0.25) is 0 Å². The largest absolute Gasteiger partial charge is 0.469 e. The van der Waals surface area contributed by atoms with Crippen LogP contribution in [0, 0.1) is 0 Å². The maximum absolute atomic E-state index is 14.6. The molecule has 1 saturated carbocycles. The van der Waals surface area contributed by atoms with Crippen molar-refractivity contribution in [3.05, 3.63) is 101 Å². The molecule has 3 aromatic rings. The summed E-state index contributed by atoms with van der Waals surface area (Å²) in [6, 6.07) is 24.1. The molecule has 1 aliphatic carbocycles. The van der Waals surface area contributed by atoms with E-state index in [0.29, 0.717) is 38.0 Å². The number of amides is 3. The molecule has 0 bridgehead atoms. The standard InChI is InChI=1S/C38H43N3O6/c1-46-36(43)24-31-22-28-14-8-9-16-30(28)25-40(31)35(42)26-39(21-20-27-12-4-2-5-13-27)37(44)34-23-29-15-10-11-19-33(29)41(34)38(45)47-32-17-6-3-7-18-32/h2,4-5,8-16,19,31-32,34H,3,6-7,17-18,20-26H2,1H3/t31-,34-/m1/s1. The summed E-state index contributed by atoms with van der Waals surface area (Å²) in [4.78, 5) is 59.8. The fraction of sp³-hybridized carbons (Fsp3) is 0.421. The third-order valence-electron chi connectivity index (χ3n) is 9.73. The second kappa shape index (κ2) is 14.8. The van der Waals surface area contributed by atoms with E-state index in [2.05, 4.69) is 0 Å². The second-order valence-electron chi connectivity index (χ2n) is 12.8. The molecule has 9 heteroatoms. The van der Waals surface area contributed by atoms with Crippen molar-refractivity contribution in [2.24, 2.45) is 0 Å². The van der Waals surface area contributed by atoms with Gasteiger partial charge in [0.05, 0.1) is 25.8 Å². The van der Waals surface area contributed by atoms with Gasteiger partial charge in [-0.15, -0.1) is 0 Å². The molecule has 1 fully saturated rings. The van der Waals surface area contributed by atoms with Gasteiger partial charge in [0.25, 0.3) is 0 Å². The lowest BCUT2D eigenvalue weighted by atomic mass is 9.92. The van der Waals surface area contributed by atoms with E-state index in [1.165, 1.54) is 12.0 Å². The Kier molecular flexibility index (Phi) is 10.2. The zero-order chi connectivity index (χ0) is 32.8. The lowest BCUT2D eigenvalue weighted by Crippen LogP contribution is -2.54. The molecule has 2 atom stereocenters. The Balaban J connectivity index is 1.27. The summed E-state index contributed by atoms with van der Waals surface area (Å²) < 4.78 is 11.0. The third kappa shape index (κ3) is 7.50. The van der Waals surface area contributed by atoms with Crippen LogP contribution in [0.1, 0.15) is 60.8 Å². The Hall–Kier alpha value is -4.66. The third-order valence-corrected chi connectivity index (χ3v) is 9.73. The van der Waals surface area contributed by atoms with Crippen molar-refractivity contribution in [1.82, 2.24) is 9.80 Å². The molecule has 0 radical (unpaired) electrons. The van der Waals surface area contributed by atoms with E-state index in [4.69, 9.17) is 9.47 Å². The lowest BCUT2D eigenvalue weighted by molar-refractivity contribution is -0.147. The van der Waals surface area contributed by atoms with Crippen molar-refractivity contribution in [2.75, 3.05) is 25.1 Å². The van der Waals surface area contributed by atoms with E-state index in [9.17, 15) is 19.2 Å². The Morgan fingerprint density at radius 1 is 0.809 bits per heavy atom. The van der Waals surface area contributed by atoms with Crippen molar-refractivity contribution in [3.8, 4) is 0 Å². The van der Waals surface area contributed by atoms with Gasteiger partial charge in [0.15, 0.2) is 0 Å². The molecule has 3 amide bonds. The van der Waals surface area contributed by atoms with Gasteiger partial charge in [-0.2, -0.15) is 0 Å². The molecule has 47 heavy (non-hydrogen) atoms. The van der Waals surface area contributed by atoms with Crippen LogP contribution in [0.5, 0.6) is 0 Å². The van der Waals surface area contributed by atoms with Gasteiger partial charge in [-0.3, -0.25) is 19.3 Å². The first-order chi connectivity index (χ1) is 22.9. The van der Waals surface area contributed by atoms with E-state index in [1.807, 2.05) is 78.9 Å². The van der Waals surface area contributed by atoms with Crippen LogP contribution in [0.3, 0.4) is 0 Å². The fourth-order valence-electron chi connectivity index (χ4n) is 7.17. The second-order valence-corrected chi connectivity index (χ2v) is 12.8. The average molecular weight is 638 g/mol. The number of ether oxygens (including phenoxy) is 2. The summed E-state index contributed by atoms with van der Waals surface area (Å²) >= 11 is 0. The monoisotopic (exact) mass is 637 g/mol. The molecule has 2 aliphatic heterocycles. The van der Waals surface area contributed by atoms with Crippen LogP contribution in [0.4, 0.5) is 10.5 Å². The number of hydrogen-bond donors (Lipinski definition) is 0. The van der Waals surface area contributed by atoms with Crippen LogP contribution in [-0.4, -0.2) is 72.1 Å². The summed E-state index contributed by atoms with van der Waals surface area (Å²) in [5, 5.41) is 0. The van der Waals surface area contributed by atoms with Crippen molar-refractivity contribution in [1.29, 1.82) is 0 Å². The molecule has 0 spiro atoms. The maximum atomic E-state index is 14.6. The molecule has 2 heterocycles. The SMILES string of the molecule is COC(=O)C[C@H]1Cc2ccccc2CN1C(=O)CN(CCc1ccccc1)C(=O)[C@H]1Cc2ccccc2N1C(=O)OC1CCCCC1. The zero-order valence-electron chi connectivity index (χ0n) is 27.0. The Morgan fingerprint density at radius 2 is 1.49 bits per heavy atom. The highest BCUT2D eigenvalue weighted by molar-refractivity contribution is 6.01. The number of carbonyl (C=O) groups excluding carboxylic acids is 4. The normalized spacial score (nSPS) is 19.0. The number of para-hydroxylation sites is 1. The highest BCUT2D eigenvalue weighted by Gasteiger charge is 2.43. The maximum Gasteiger partial charge on any atom is 0.415 e. The van der Waals surface area contributed by atoms with Gasteiger partial charge in [0.2, 0.25) is 11.8 Å². The van der Waals surface area contributed by atoms with E-state index < -0.39 is 18.2 Å². The molecule has 0 unspecified atom stereocenters. The molecule has 0 aromatic heterocycles. The van der Waals surface area contributed by atoms with Crippen molar-refractivity contribution in [2.45, 2.75) is 82.5 Å². The number of esters is 1. The van der Waals surface area contributed by atoms with Crippen LogP contribution in [0.15, 0.2) is 78.9 Å². The van der Waals surface area contributed by atoms with E-state index >= 15 is 0 Å². The predicted octanol–water partition coefficient (Wildman–Crippen LogP) is 5.47. The van der Waals surface area contributed by atoms with Gasteiger partial charge in [-0.05, 0) is 66.8 Å². The zero-order valence-corrected chi connectivity index (χ0v) is 27.0. The molecule has 6 rings (SSSR count). The van der Waals surface area contributed by atoms with Crippen molar-refractivity contribution < 1.29 is 28.7 Å². The minimum atomic E-state index is -0.833. The predicted molar refractivity (Wildman–Crippen MR) is 178 cm³/mol. The molecule has 0 saturated heterocycles. The molecular formula is C38H43N3O6. The number of methoxy groups -OCH3 is 1. The number of rotatable bonds is 9. The van der Waals surface area contributed by atoms with Crippen LogP contribution in [0.25, 0.3) is 0 Å². The quantitative estimate of drug-likeness (QED) is 0.289. The van der Waals surface area contributed by atoms with E-state index in [-0.39, 0.29) is 36.9 Å². The number of fused-ring (bicyclic) bond motifs is 2. The number of anilines is 1. The number of carbonyl (C=O) groups is 4. The molecule has 0 N–H and O–H groups in total. The smallest absolute Gasteiger partial charge is 0.415 e. The highest BCUT2D eigenvalue weighted by atomic mass is 16.6. The van der Waals surface area contributed by atoms with Gasteiger partial charge < -0.3 is 19.3 Å². The summed E-state index contributed by atoms with van der Waals surface area (Å²) in [6.45, 7) is 0.453. The molecule has 3 aromatic carbocycles. The highest BCUT2D eigenvalue weighted by Crippen LogP contribution is 2.35. The Labute approximate surface area is 276 Å². The minimum absolute atomic E-state index is 0.0628. The van der Waals surface area contributed by atoms with Gasteiger partial charge >= 0.3 is 12.1 Å². The summed E-state index contributed by atoms with van der Waals surface area (Å²) in [7, 11) is 1.35. The van der Waals surface area contributed by atoms with Crippen molar-refractivity contribution in [3.63, 3.8) is 0 Å². The summed E-state index contributed by atoms with van der Waals surface area (Å²) in [5.74, 6) is -0.935. The summed E-state index contributed by atoms with van der Waals surface area (Å²) in [6.07, 6.45) is 5.61. The van der Waals surface area contributed by atoms with E-state index in [1.54, 1.807) is 9.80 Å². The molecule has 3 aliphatic rings. The summed E-state index contributed by atoms with van der Waals surface area (Å²) in [5.41, 5.74) is 4.72. The van der Waals surface area contributed by atoms with Crippen LogP contribution < -0.4 is 4.90 Å². The van der Waals surface area contributed by atoms with E-state index in [0.717, 1.165) is 54.4 Å². The first-order valence-corrected chi connectivity index (χ1v) is 16.7. The van der Waals surface area contributed by atoms with Gasteiger partial charge in [-0.1, -0.05) is 79.2 Å². The van der Waals surface area contributed by atoms with Crippen LogP contribution in [-0.2, 0) is 49.7 Å². The Bertz CT molecular complexity index is 1590. The molecule has 9 nitrogen and oxygen atoms in total. The van der Waals surface area contributed by atoms with Gasteiger partial charge in [0.1, 0.15) is 12.1 Å². The number of hydrogen-bond acceptors (Lipinski definition) is 6. The van der Waals surface area contributed by atoms with Crippen molar-refractivity contribution >= 4 is 29.6 Å². The number of nitrogens with zero attached hydrogens (tertiary/aromatic N) is 3. The van der Waals surface area contributed by atoms with Gasteiger partial charge in [-0.25, -0.2) is 4.79 Å². The molecular weight excluding hydrogens is 594 g/mol. The number of benzene rings is 3. The average Bonchev–Trinajstić information content (AvgIpc) is 3.50. The minimum Gasteiger partial charge on any atom is -0.469 e. The molecule has 246 valence electrons. The fourth-order valence-corrected chi connectivity index (χ4v) is 7.17. The topological polar surface area (TPSA) is 96.5 Å². The van der Waals surface area contributed by atoms with Gasteiger partial charge in [0, 0.05) is 25.6 Å². The Morgan fingerprint density at radius 3 is 2.23 bits per heavy atom. The first-order valence-electron chi connectivity index (χ1n) is 16.7. The first kappa shape index (κ1) is 32.3.